The zero-order valence-corrected chi connectivity index (χ0v) is 10.8. The van der Waals surface area contributed by atoms with Crippen molar-refractivity contribution in [2.24, 2.45) is 5.92 Å². The Morgan fingerprint density at radius 3 is 2.65 bits per heavy atom. The number of halogens is 1. The summed E-state index contributed by atoms with van der Waals surface area (Å²) in [5.41, 5.74) is 0.791. The molecule has 0 amide bonds. The Morgan fingerprint density at radius 2 is 2.00 bits per heavy atom. The van der Waals surface area contributed by atoms with E-state index in [1.54, 1.807) is 15.6 Å². The molecule has 3 rings (SSSR count). The van der Waals surface area contributed by atoms with Crippen LogP contribution in [0, 0.1) is 5.92 Å². The van der Waals surface area contributed by atoms with Gasteiger partial charge in [0.1, 0.15) is 6.33 Å². The maximum atomic E-state index is 12.1. The second-order valence-electron chi connectivity index (χ2n) is 4.39. The van der Waals surface area contributed by atoms with Gasteiger partial charge in [-0.3, -0.25) is 0 Å². The Hall–Kier alpha value is -1.36. The predicted molar refractivity (Wildman–Crippen MR) is 68.2 cm³/mol. The summed E-state index contributed by atoms with van der Waals surface area (Å²) in [7, 11) is 0. The van der Waals surface area contributed by atoms with E-state index in [4.69, 9.17) is 0 Å². The summed E-state index contributed by atoms with van der Waals surface area (Å²) < 4.78 is 4.13. The van der Waals surface area contributed by atoms with Crippen molar-refractivity contribution < 1.29 is 0 Å². The maximum absolute atomic E-state index is 12.1. The minimum absolute atomic E-state index is 0.0563. The summed E-state index contributed by atoms with van der Waals surface area (Å²) >= 11 is 3.37. The molecule has 0 saturated heterocycles. The van der Waals surface area contributed by atoms with Crippen molar-refractivity contribution in [1.29, 1.82) is 0 Å². The van der Waals surface area contributed by atoms with Gasteiger partial charge in [-0.25, -0.2) is 14.0 Å². The predicted octanol–water partition coefficient (Wildman–Crippen LogP) is 2.21. The molecule has 1 saturated carbocycles. The topological polar surface area (TPSA) is 39.8 Å². The van der Waals surface area contributed by atoms with Crippen molar-refractivity contribution >= 4 is 15.9 Å². The first-order valence-corrected chi connectivity index (χ1v) is 6.44. The second-order valence-corrected chi connectivity index (χ2v) is 5.30. The lowest BCUT2D eigenvalue weighted by Gasteiger charge is -2.00. The number of aromatic nitrogens is 3. The molecule has 1 aliphatic carbocycles. The Kier molecular flexibility index (Phi) is 2.63. The molecule has 17 heavy (non-hydrogen) atoms. The van der Waals surface area contributed by atoms with Crippen LogP contribution in [-0.4, -0.2) is 14.3 Å². The first-order valence-electron chi connectivity index (χ1n) is 5.64. The summed E-state index contributed by atoms with van der Waals surface area (Å²) in [6.07, 6.45) is 4.03. The summed E-state index contributed by atoms with van der Waals surface area (Å²) in [5.74, 6) is 0.654. The molecular formula is C12H12BrN3O. The van der Waals surface area contributed by atoms with Crippen LogP contribution >= 0.6 is 15.9 Å². The Morgan fingerprint density at radius 1 is 1.29 bits per heavy atom. The van der Waals surface area contributed by atoms with E-state index in [0.717, 1.165) is 16.7 Å². The van der Waals surface area contributed by atoms with E-state index in [1.807, 2.05) is 24.3 Å². The van der Waals surface area contributed by atoms with Gasteiger partial charge in [0.05, 0.1) is 5.69 Å². The van der Waals surface area contributed by atoms with Gasteiger partial charge in [-0.15, -0.1) is 0 Å². The third-order valence-electron chi connectivity index (χ3n) is 2.97. The molecule has 5 heteroatoms. The van der Waals surface area contributed by atoms with Gasteiger partial charge in [-0.05, 0) is 43.0 Å². The lowest BCUT2D eigenvalue weighted by molar-refractivity contribution is 0.542. The molecule has 0 unspecified atom stereocenters. The molecule has 1 fully saturated rings. The number of rotatable bonds is 3. The molecule has 1 heterocycles. The lowest BCUT2D eigenvalue weighted by Crippen LogP contribution is -2.24. The first kappa shape index (κ1) is 10.8. The highest BCUT2D eigenvalue weighted by atomic mass is 79.9. The highest BCUT2D eigenvalue weighted by Gasteiger charge is 2.23. The van der Waals surface area contributed by atoms with Gasteiger partial charge in [0.15, 0.2) is 0 Å². The lowest BCUT2D eigenvalue weighted by atomic mass is 10.3. The van der Waals surface area contributed by atoms with Crippen LogP contribution in [0.1, 0.15) is 12.8 Å². The van der Waals surface area contributed by atoms with Crippen molar-refractivity contribution in [2.45, 2.75) is 19.4 Å². The minimum Gasteiger partial charge on any atom is -0.250 e. The van der Waals surface area contributed by atoms with Crippen LogP contribution in [0.15, 0.2) is 39.9 Å². The van der Waals surface area contributed by atoms with Crippen molar-refractivity contribution in [1.82, 2.24) is 14.3 Å². The molecule has 0 radical (unpaired) electrons. The largest absolute Gasteiger partial charge is 0.350 e. The first-order chi connectivity index (χ1) is 8.24. The van der Waals surface area contributed by atoms with E-state index >= 15 is 0 Å². The van der Waals surface area contributed by atoms with Crippen molar-refractivity contribution in [3.05, 3.63) is 45.5 Å². The van der Waals surface area contributed by atoms with E-state index < -0.39 is 0 Å². The van der Waals surface area contributed by atoms with Gasteiger partial charge in [0, 0.05) is 11.0 Å². The van der Waals surface area contributed by atoms with Crippen molar-refractivity contribution in [2.75, 3.05) is 0 Å². The van der Waals surface area contributed by atoms with Crippen LogP contribution < -0.4 is 5.69 Å². The van der Waals surface area contributed by atoms with Crippen molar-refractivity contribution in [3.8, 4) is 5.69 Å². The van der Waals surface area contributed by atoms with E-state index in [-0.39, 0.29) is 5.69 Å². The molecule has 1 aromatic heterocycles. The fourth-order valence-electron chi connectivity index (χ4n) is 1.79. The number of hydrogen-bond acceptors (Lipinski definition) is 2. The van der Waals surface area contributed by atoms with Crippen LogP contribution in [0.2, 0.25) is 0 Å². The van der Waals surface area contributed by atoms with Crippen LogP contribution in [0.3, 0.4) is 0 Å². The molecule has 0 atom stereocenters. The average Bonchev–Trinajstić information content (AvgIpc) is 3.07. The summed E-state index contributed by atoms with van der Waals surface area (Å²) in [4.78, 5) is 12.1. The average molecular weight is 294 g/mol. The van der Waals surface area contributed by atoms with Crippen LogP contribution in [0.25, 0.3) is 5.69 Å². The monoisotopic (exact) mass is 293 g/mol. The molecule has 4 nitrogen and oxygen atoms in total. The van der Waals surface area contributed by atoms with E-state index in [9.17, 15) is 4.79 Å². The highest BCUT2D eigenvalue weighted by Crippen LogP contribution is 2.29. The fraction of sp³-hybridized carbons (Fsp3) is 0.333. The second kappa shape index (κ2) is 4.14. The summed E-state index contributed by atoms with van der Waals surface area (Å²) in [6.45, 7) is 0.752. The molecule has 1 aliphatic rings. The smallest absolute Gasteiger partial charge is 0.250 e. The van der Waals surface area contributed by atoms with Gasteiger partial charge in [-0.1, -0.05) is 15.9 Å². The standard InChI is InChI=1S/C12H12BrN3O/c13-10-3-5-11(6-4-10)15-8-14-16(12(15)17)7-9-1-2-9/h3-6,8-9H,1-2,7H2. The van der Waals surface area contributed by atoms with Gasteiger partial charge in [0.25, 0.3) is 0 Å². The number of benzene rings is 1. The molecule has 0 aliphatic heterocycles. The van der Waals surface area contributed by atoms with Gasteiger partial charge >= 0.3 is 5.69 Å². The fourth-order valence-corrected chi connectivity index (χ4v) is 2.05. The molecule has 0 N–H and O–H groups in total. The molecule has 88 valence electrons. The van der Waals surface area contributed by atoms with E-state index in [2.05, 4.69) is 21.0 Å². The Bertz CT molecular complexity index is 581. The van der Waals surface area contributed by atoms with Gasteiger partial charge < -0.3 is 0 Å². The van der Waals surface area contributed by atoms with Crippen molar-refractivity contribution in [3.63, 3.8) is 0 Å². The summed E-state index contributed by atoms with van der Waals surface area (Å²) in [5, 5.41) is 4.15. The molecular weight excluding hydrogens is 282 g/mol. The van der Waals surface area contributed by atoms with E-state index in [0.29, 0.717) is 5.92 Å². The Balaban J connectivity index is 1.94. The van der Waals surface area contributed by atoms with E-state index in [1.165, 1.54) is 12.8 Å². The quantitative estimate of drug-likeness (QED) is 0.870. The third kappa shape index (κ3) is 2.20. The number of hydrogen-bond donors (Lipinski definition) is 0. The zero-order valence-electron chi connectivity index (χ0n) is 9.21. The van der Waals surface area contributed by atoms with Crippen LogP contribution in [0.4, 0.5) is 0 Å². The maximum Gasteiger partial charge on any atom is 0.350 e. The van der Waals surface area contributed by atoms with Gasteiger partial charge in [0.2, 0.25) is 0 Å². The third-order valence-corrected chi connectivity index (χ3v) is 3.49. The SMILES string of the molecule is O=c1n(-c2ccc(Br)cc2)cnn1CC1CC1. The Labute approximate surface area is 107 Å². The minimum atomic E-state index is -0.0563. The van der Waals surface area contributed by atoms with Gasteiger partial charge in [-0.2, -0.15) is 5.10 Å². The molecule has 0 spiro atoms. The summed E-state index contributed by atoms with van der Waals surface area (Å²) in [6, 6.07) is 7.63. The molecule has 2 aromatic rings. The molecule has 0 bridgehead atoms. The number of nitrogens with zero attached hydrogens (tertiary/aromatic N) is 3. The molecule has 1 aromatic carbocycles. The van der Waals surface area contributed by atoms with Crippen LogP contribution in [-0.2, 0) is 6.54 Å². The van der Waals surface area contributed by atoms with Crippen LogP contribution in [0.5, 0.6) is 0 Å². The highest BCUT2D eigenvalue weighted by molar-refractivity contribution is 9.10. The normalized spacial score (nSPS) is 15.1. The zero-order chi connectivity index (χ0) is 11.8.